The molecule has 1 aliphatic rings. The summed E-state index contributed by atoms with van der Waals surface area (Å²) in [6.45, 7) is 3.78. The van der Waals surface area contributed by atoms with Gasteiger partial charge >= 0.3 is 11.9 Å². The van der Waals surface area contributed by atoms with Gasteiger partial charge in [0.1, 0.15) is 5.00 Å². The highest BCUT2D eigenvalue weighted by Crippen LogP contribution is 2.38. The third-order valence-corrected chi connectivity index (χ3v) is 6.17. The molecule has 2 aromatic rings. The molecule has 0 saturated heterocycles. The second kappa shape index (κ2) is 10.3. The van der Waals surface area contributed by atoms with Gasteiger partial charge in [0.25, 0.3) is 5.91 Å². The number of carbonyl (C=O) groups excluding carboxylic acids is 3. The van der Waals surface area contributed by atoms with Gasteiger partial charge in [0.05, 0.1) is 17.7 Å². The van der Waals surface area contributed by atoms with Crippen LogP contribution in [-0.4, -0.2) is 35.5 Å². The average Bonchev–Trinajstić information content (AvgIpc) is 2.92. The molecule has 1 aliphatic carbocycles. The molecule has 1 unspecified atom stereocenters. The third kappa shape index (κ3) is 5.05. The molecule has 1 N–H and O–H groups in total. The predicted molar refractivity (Wildman–Crippen MR) is 114 cm³/mol. The molecular weight excluding hydrogens is 404 g/mol. The van der Waals surface area contributed by atoms with E-state index in [0.717, 1.165) is 42.5 Å². The van der Waals surface area contributed by atoms with Crippen molar-refractivity contribution in [3.63, 3.8) is 0 Å². The van der Waals surface area contributed by atoms with Gasteiger partial charge in [-0.25, -0.2) is 9.59 Å². The van der Waals surface area contributed by atoms with Crippen LogP contribution in [0, 0.1) is 0 Å². The molecule has 0 bridgehead atoms. The smallest absolute Gasteiger partial charge is 0.341 e. The molecule has 2 aromatic heterocycles. The Kier molecular flexibility index (Phi) is 7.57. The van der Waals surface area contributed by atoms with Gasteiger partial charge in [-0.3, -0.25) is 9.78 Å². The minimum absolute atomic E-state index is 0.262. The fourth-order valence-corrected chi connectivity index (χ4v) is 4.73. The van der Waals surface area contributed by atoms with Crippen molar-refractivity contribution in [1.82, 2.24) is 4.98 Å². The standard InChI is InChI=1S/C22H26N2O5S/c1-3-16(29-21(26)14-10-12-23-13-11-14)19(25)24-20-18(22(27)28-4-2)15-8-6-5-7-9-17(15)30-20/h10-13,16H,3-9H2,1-2H3,(H,24,25). The summed E-state index contributed by atoms with van der Waals surface area (Å²) in [5.41, 5.74) is 1.75. The summed E-state index contributed by atoms with van der Waals surface area (Å²) < 4.78 is 10.6. The Labute approximate surface area is 179 Å². The number of esters is 2. The fraction of sp³-hybridized carbons (Fsp3) is 0.455. The Morgan fingerprint density at radius 2 is 1.83 bits per heavy atom. The van der Waals surface area contributed by atoms with Crippen molar-refractivity contribution in [2.24, 2.45) is 0 Å². The Hall–Kier alpha value is -2.74. The molecule has 7 nitrogen and oxygen atoms in total. The molecule has 0 aliphatic heterocycles. The summed E-state index contributed by atoms with van der Waals surface area (Å²) in [7, 11) is 0. The SMILES string of the molecule is CCOC(=O)c1c(NC(=O)C(CC)OC(=O)c2ccncc2)sc2c1CCCCC2. The van der Waals surface area contributed by atoms with Gasteiger partial charge in [-0.1, -0.05) is 13.3 Å². The highest BCUT2D eigenvalue weighted by atomic mass is 32.1. The molecular formula is C22H26N2O5S. The van der Waals surface area contributed by atoms with Gasteiger partial charge in [-0.05, 0) is 56.7 Å². The minimum atomic E-state index is -0.970. The van der Waals surface area contributed by atoms with Gasteiger partial charge in [0, 0.05) is 17.3 Å². The fourth-order valence-electron chi connectivity index (χ4n) is 3.45. The monoisotopic (exact) mass is 430 g/mol. The van der Waals surface area contributed by atoms with Crippen molar-refractivity contribution < 1.29 is 23.9 Å². The Bertz CT molecular complexity index is 910. The number of amides is 1. The van der Waals surface area contributed by atoms with Crippen molar-refractivity contribution in [2.75, 3.05) is 11.9 Å². The number of aromatic nitrogens is 1. The lowest BCUT2D eigenvalue weighted by molar-refractivity contribution is -0.124. The van der Waals surface area contributed by atoms with E-state index >= 15 is 0 Å². The summed E-state index contributed by atoms with van der Waals surface area (Å²) in [4.78, 5) is 42.8. The quantitative estimate of drug-likeness (QED) is 0.523. The second-order valence-corrected chi connectivity index (χ2v) is 8.12. The number of fused-ring (bicyclic) bond motifs is 1. The minimum Gasteiger partial charge on any atom is -0.462 e. The summed E-state index contributed by atoms with van der Waals surface area (Å²) >= 11 is 1.42. The summed E-state index contributed by atoms with van der Waals surface area (Å²) in [5.74, 6) is -1.47. The van der Waals surface area contributed by atoms with E-state index in [1.807, 2.05) is 0 Å². The van der Waals surface area contributed by atoms with E-state index in [1.54, 1.807) is 13.8 Å². The number of hydrogen-bond donors (Lipinski definition) is 1. The number of ether oxygens (including phenoxy) is 2. The lowest BCUT2D eigenvalue weighted by Crippen LogP contribution is -2.32. The summed E-state index contributed by atoms with van der Waals surface area (Å²) in [5, 5.41) is 3.30. The molecule has 160 valence electrons. The zero-order chi connectivity index (χ0) is 21.5. The van der Waals surface area contributed by atoms with Gasteiger partial charge in [-0.2, -0.15) is 0 Å². The van der Waals surface area contributed by atoms with Crippen molar-refractivity contribution >= 4 is 34.2 Å². The van der Waals surface area contributed by atoms with E-state index in [2.05, 4.69) is 10.3 Å². The molecule has 2 heterocycles. The Balaban J connectivity index is 1.80. The first-order chi connectivity index (χ1) is 14.5. The number of aryl methyl sites for hydroxylation is 1. The number of rotatable bonds is 7. The second-order valence-electron chi connectivity index (χ2n) is 7.02. The van der Waals surface area contributed by atoms with Gasteiger partial charge < -0.3 is 14.8 Å². The van der Waals surface area contributed by atoms with Crippen LogP contribution in [0.15, 0.2) is 24.5 Å². The van der Waals surface area contributed by atoms with Crippen molar-refractivity contribution in [1.29, 1.82) is 0 Å². The largest absolute Gasteiger partial charge is 0.462 e. The topological polar surface area (TPSA) is 94.6 Å². The zero-order valence-electron chi connectivity index (χ0n) is 17.2. The molecule has 0 radical (unpaired) electrons. The molecule has 3 rings (SSSR count). The first kappa shape index (κ1) is 22.0. The molecule has 0 saturated carbocycles. The van der Waals surface area contributed by atoms with Crippen molar-refractivity contribution in [3.8, 4) is 0 Å². The Morgan fingerprint density at radius 3 is 2.53 bits per heavy atom. The number of hydrogen-bond acceptors (Lipinski definition) is 7. The Morgan fingerprint density at radius 1 is 1.10 bits per heavy atom. The van der Waals surface area contributed by atoms with E-state index in [-0.39, 0.29) is 6.61 Å². The lowest BCUT2D eigenvalue weighted by atomic mass is 10.1. The maximum absolute atomic E-state index is 12.9. The maximum Gasteiger partial charge on any atom is 0.341 e. The van der Waals surface area contributed by atoms with Crippen LogP contribution >= 0.6 is 11.3 Å². The summed E-state index contributed by atoms with van der Waals surface area (Å²) in [6.07, 6.45) is 7.18. The number of thiophene rings is 1. The van der Waals surface area contributed by atoms with Crippen molar-refractivity contribution in [2.45, 2.75) is 58.5 Å². The number of pyridine rings is 1. The number of carbonyl (C=O) groups is 3. The van der Waals surface area contributed by atoms with Crippen LogP contribution in [-0.2, 0) is 27.1 Å². The molecule has 0 aromatic carbocycles. The van der Waals surface area contributed by atoms with E-state index in [4.69, 9.17) is 9.47 Å². The van der Waals surface area contributed by atoms with E-state index in [1.165, 1.54) is 35.9 Å². The van der Waals surface area contributed by atoms with Crippen LogP contribution in [0.2, 0.25) is 0 Å². The molecule has 0 fully saturated rings. The van der Waals surface area contributed by atoms with Crippen LogP contribution < -0.4 is 5.32 Å². The van der Waals surface area contributed by atoms with Gasteiger partial charge in [0.15, 0.2) is 6.10 Å². The van der Waals surface area contributed by atoms with Crippen LogP contribution in [0.5, 0.6) is 0 Å². The van der Waals surface area contributed by atoms with Gasteiger partial charge in [-0.15, -0.1) is 11.3 Å². The lowest BCUT2D eigenvalue weighted by Gasteiger charge is -2.16. The molecule has 30 heavy (non-hydrogen) atoms. The average molecular weight is 431 g/mol. The number of nitrogens with one attached hydrogen (secondary N) is 1. The molecule has 1 amide bonds. The maximum atomic E-state index is 12.9. The van der Waals surface area contributed by atoms with Crippen LogP contribution in [0.25, 0.3) is 0 Å². The normalized spacial score (nSPS) is 14.2. The first-order valence-electron chi connectivity index (χ1n) is 10.3. The third-order valence-electron chi connectivity index (χ3n) is 4.97. The predicted octanol–water partition coefficient (Wildman–Crippen LogP) is 4.16. The highest BCUT2D eigenvalue weighted by Gasteiger charge is 2.29. The van der Waals surface area contributed by atoms with E-state index < -0.39 is 23.9 Å². The highest BCUT2D eigenvalue weighted by molar-refractivity contribution is 7.17. The number of nitrogens with zero attached hydrogens (tertiary/aromatic N) is 1. The molecule has 0 spiro atoms. The van der Waals surface area contributed by atoms with Crippen LogP contribution in [0.4, 0.5) is 5.00 Å². The van der Waals surface area contributed by atoms with E-state index in [9.17, 15) is 14.4 Å². The van der Waals surface area contributed by atoms with Gasteiger partial charge in [0.2, 0.25) is 0 Å². The van der Waals surface area contributed by atoms with Crippen molar-refractivity contribution in [3.05, 3.63) is 46.1 Å². The zero-order valence-corrected chi connectivity index (χ0v) is 18.0. The summed E-state index contributed by atoms with van der Waals surface area (Å²) in [6, 6.07) is 3.06. The van der Waals surface area contributed by atoms with Crippen LogP contribution in [0.1, 0.15) is 70.7 Å². The molecule has 8 heteroatoms. The molecule has 1 atom stereocenters. The number of anilines is 1. The first-order valence-corrected chi connectivity index (χ1v) is 11.1. The van der Waals surface area contributed by atoms with E-state index in [0.29, 0.717) is 22.5 Å². The van der Waals surface area contributed by atoms with Crippen LogP contribution in [0.3, 0.4) is 0 Å².